The Morgan fingerprint density at radius 3 is 2.72 bits per heavy atom. The molecule has 1 unspecified atom stereocenters. The molecule has 0 saturated carbocycles. The average Bonchev–Trinajstić information content (AvgIpc) is 2.78. The molecule has 94 valence electrons. The van der Waals surface area contributed by atoms with Gasteiger partial charge in [-0.1, -0.05) is 0 Å². The van der Waals surface area contributed by atoms with E-state index in [0.29, 0.717) is 13.1 Å². The summed E-state index contributed by atoms with van der Waals surface area (Å²) in [4.78, 5) is 14.7. The zero-order valence-electron chi connectivity index (χ0n) is 9.87. The van der Waals surface area contributed by atoms with E-state index in [4.69, 9.17) is 4.74 Å². The third kappa shape index (κ3) is 2.81. The fourth-order valence-electron chi connectivity index (χ4n) is 1.81. The second kappa shape index (κ2) is 5.85. The van der Waals surface area contributed by atoms with E-state index in [0.717, 1.165) is 11.3 Å². The molecule has 2 aromatic rings. The first-order chi connectivity index (χ1) is 8.72. The predicted octanol–water partition coefficient (Wildman–Crippen LogP) is 1.46. The number of aromatic hydroxyl groups is 1. The molecule has 1 N–H and O–H groups in total. The van der Waals surface area contributed by atoms with Gasteiger partial charge in [0.05, 0.1) is 0 Å². The van der Waals surface area contributed by atoms with Crippen LogP contribution in [0.2, 0.25) is 0 Å². The van der Waals surface area contributed by atoms with Gasteiger partial charge < -0.3 is 0 Å². The monoisotopic (exact) mass is 311 g/mol. The van der Waals surface area contributed by atoms with E-state index < -0.39 is 0 Å². The molecule has 0 amide bonds. The Morgan fingerprint density at radius 1 is 1.44 bits per heavy atom. The normalized spacial score (nSPS) is 12.1. The molecule has 0 fully saturated rings. The Kier molecular flexibility index (Phi) is 4.18. The fourth-order valence-corrected chi connectivity index (χ4v) is 3.73. The zero-order valence-corrected chi connectivity index (χ0v) is 11.6. The molecule has 4 nitrogen and oxygen atoms in total. The van der Waals surface area contributed by atoms with Crippen molar-refractivity contribution in [2.24, 2.45) is 0 Å². The molecule has 5 heteroatoms. The summed E-state index contributed by atoms with van der Waals surface area (Å²) in [5, 5.41) is 11.2. The molecule has 0 radical (unpaired) electrons. The van der Waals surface area contributed by atoms with Gasteiger partial charge in [-0.2, -0.15) is 0 Å². The third-order valence-electron chi connectivity index (χ3n) is 2.73. The number of carbonyl (C=O) groups is 1. The SMILES string of the molecule is Cc1nc[se]c1C(COC=O)c1ccc(O)cc1. The number of phenols is 1. The summed E-state index contributed by atoms with van der Waals surface area (Å²) >= 11 is 0.207. The Hall–Kier alpha value is -1.58. The van der Waals surface area contributed by atoms with Crippen LogP contribution in [0.15, 0.2) is 29.3 Å². The molecular formula is C13H13NO3Se. The van der Waals surface area contributed by atoms with Crippen LogP contribution < -0.4 is 0 Å². The summed E-state index contributed by atoms with van der Waals surface area (Å²) in [6.45, 7) is 2.74. The van der Waals surface area contributed by atoms with Crippen molar-refractivity contribution in [3.8, 4) is 5.75 Å². The molecule has 0 spiro atoms. The average molecular weight is 310 g/mol. The van der Waals surface area contributed by atoms with Crippen LogP contribution in [0.3, 0.4) is 0 Å². The van der Waals surface area contributed by atoms with Gasteiger partial charge >= 0.3 is 111 Å². The number of hydrogen-bond donors (Lipinski definition) is 1. The summed E-state index contributed by atoms with van der Waals surface area (Å²) in [5.74, 6) is 0.256. The van der Waals surface area contributed by atoms with Gasteiger partial charge in [-0.3, -0.25) is 0 Å². The van der Waals surface area contributed by atoms with E-state index in [9.17, 15) is 9.90 Å². The molecule has 0 aliphatic rings. The second-order valence-corrected chi connectivity index (χ2v) is 5.74. The van der Waals surface area contributed by atoms with Gasteiger partial charge in [-0.15, -0.1) is 0 Å². The molecule has 1 aromatic carbocycles. The maximum atomic E-state index is 10.4. The van der Waals surface area contributed by atoms with Crippen LogP contribution in [0.1, 0.15) is 21.6 Å². The van der Waals surface area contributed by atoms with E-state index in [-0.39, 0.29) is 26.2 Å². The van der Waals surface area contributed by atoms with Crippen LogP contribution in [0.5, 0.6) is 5.75 Å². The molecule has 0 bridgehead atoms. The molecule has 0 saturated heterocycles. The van der Waals surface area contributed by atoms with Gasteiger partial charge in [0, 0.05) is 0 Å². The number of hydrogen-bond acceptors (Lipinski definition) is 4. The predicted molar refractivity (Wildman–Crippen MR) is 67.9 cm³/mol. The topological polar surface area (TPSA) is 59.4 Å². The summed E-state index contributed by atoms with van der Waals surface area (Å²) in [6.07, 6.45) is 0. The van der Waals surface area contributed by atoms with Crippen molar-refractivity contribution in [1.29, 1.82) is 0 Å². The van der Waals surface area contributed by atoms with Crippen LogP contribution in [0, 0.1) is 6.92 Å². The van der Waals surface area contributed by atoms with Crippen molar-refractivity contribution in [3.63, 3.8) is 0 Å². The number of aryl methyl sites for hydroxylation is 1. The van der Waals surface area contributed by atoms with E-state index >= 15 is 0 Å². The van der Waals surface area contributed by atoms with Gasteiger partial charge in [0.25, 0.3) is 0 Å². The van der Waals surface area contributed by atoms with Gasteiger partial charge in [0.15, 0.2) is 0 Å². The van der Waals surface area contributed by atoms with Crippen molar-refractivity contribution in [3.05, 3.63) is 45.0 Å². The van der Waals surface area contributed by atoms with Gasteiger partial charge in [-0.25, -0.2) is 0 Å². The molecule has 1 atom stereocenters. The first-order valence-corrected chi connectivity index (χ1v) is 7.31. The molecule has 1 aromatic heterocycles. The summed E-state index contributed by atoms with van der Waals surface area (Å²) in [6, 6.07) is 6.98. The minimum atomic E-state index is 0.0262. The van der Waals surface area contributed by atoms with Crippen molar-refractivity contribution in [1.82, 2.24) is 4.98 Å². The molecule has 1 heterocycles. The van der Waals surface area contributed by atoms with Crippen LogP contribution in [0.25, 0.3) is 0 Å². The Labute approximate surface area is 111 Å². The number of nitrogens with zero attached hydrogens (tertiary/aromatic N) is 1. The van der Waals surface area contributed by atoms with Crippen molar-refractivity contribution in [2.45, 2.75) is 12.8 Å². The van der Waals surface area contributed by atoms with E-state index in [1.165, 1.54) is 4.44 Å². The van der Waals surface area contributed by atoms with Crippen LogP contribution in [0.4, 0.5) is 0 Å². The van der Waals surface area contributed by atoms with Crippen LogP contribution in [-0.4, -0.2) is 37.7 Å². The quantitative estimate of drug-likeness (QED) is 0.671. The van der Waals surface area contributed by atoms with Gasteiger partial charge in [0.1, 0.15) is 0 Å². The van der Waals surface area contributed by atoms with Crippen LogP contribution >= 0.6 is 0 Å². The maximum absolute atomic E-state index is 10.4. The molecule has 0 aliphatic heterocycles. The van der Waals surface area contributed by atoms with E-state index in [2.05, 4.69) is 4.98 Å². The molecule has 18 heavy (non-hydrogen) atoms. The molecule has 0 aliphatic carbocycles. The van der Waals surface area contributed by atoms with Crippen LogP contribution in [-0.2, 0) is 9.53 Å². The number of rotatable bonds is 5. The number of aromatic nitrogens is 1. The van der Waals surface area contributed by atoms with Crippen molar-refractivity contribution < 1.29 is 14.6 Å². The van der Waals surface area contributed by atoms with Crippen molar-refractivity contribution in [2.75, 3.05) is 6.61 Å². The van der Waals surface area contributed by atoms with Gasteiger partial charge in [-0.05, 0) is 0 Å². The molecule has 2 rings (SSSR count). The standard InChI is InChI=1S/C13H13NO3Se/c1-9-13(18-7-14-9)12(6-17-8-15)10-2-4-11(16)5-3-10/h2-5,7-8,12,16H,6H2,1H3. The first kappa shape index (κ1) is 12.9. The summed E-state index contributed by atoms with van der Waals surface area (Å²) in [5.41, 5.74) is 2.03. The Morgan fingerprint density at radius 2 is 2.17 bits per heavy atom. The number of benzene rings is 1. The number of phenolic OH excluding ortho intramolecular Hbond substituents is 1. The fraction of sp³-hybridized carbons (Fsp3) is 0.231. The third-order valence-corrected chi connectivity index (χ3v) is 4.92. The first-order valence-electron chi connectivity index (χ1n) is 5.46. The Bertz CT molecular complexity index is 521. The summed E-state index contributed by atoms with van der Waals surface area (Å²) < 4.78 is 6.14. The van der Waals surface area contributed by atoms with E-state index in [1.807, 2.05) is 24.1 Å². The molecular weight excluding hydrogens is 297 g/mol. The van der Waals surface area contributed by atoms with E-state index in [1.54, 1.807) is 12.1 Å². The zero-order chi connectivity index (χ0) is 13.0. The second-order valence-electron chi connectivity index (χ2n) is 3.88. The van der Waals surface area contributed by atoms with Gasteiger partial charge in [0.2, 0.25) is 0 Å². The number of ether oxygens (including phenoxy) is 1. The number of carbonyl (C=O) groups excluding carboxylic acids is 1. The Balaban J connectivity index is 2.33. The summed E-state index contributed by atoms with van der Waals surface area (Å²) in [7, 11) is 0. The minimum absolute atomic E-state index is 0.0262. The van der Waals surface area contributed by atoms with Crippen molar-refractivity contribution >= 4 is 21.0 Å².